The van der Waals surface area contributed by atoms with Crippen molar-refractivity contribution in [2.45, 2.75) is 12.7 Å². The normalized spacial score (nSPS) is 11.6. The third-order valence-electron chi connectivity index (χ3n) is 2.24. The number of halogens is 4. The van der Waals surface area contributed by atoms with Gasteiger partial charge in [-0.2, -0.15) is 13.2 Å². The molecule has 2 nitrogen and oxygen atoms in total. The summed E-state index contributed by atoms with van der Waals surface area (Å²) >= 11 is 5.80. The van der Waals surface area contributed by atoms with E-state index >= 15 is 0 Å². The molecule has 17 heavy (non-hydrogen) atoms. The number of anilines is 1. The van der Waals surface area contributed by atoms with Crippen molar-refractivity contribution < 1.29 is 13.2 Å². The molecule has 0 aromatic heterocycles. The summed E-state index contributed by atoms with van der Waals surface area (Å²) in [6.07, 6.45) is -4.23. The van der Waals surface area contributed by atoms with Gasteiger partial charge in [0.1, 0.15) is 6.54 Å². The van der Waals surface area contributed by atoms with Gasteiger partial charge in [-0.1, -0.05) is 17.7 Å². The van der Waals surface area contributed by atoms with Gasteiger partial charge >= 0.3 is 6.18 Å². The first-order chi connectivity index (χ1) is 7.83. The zero-order chi connectivity index (χ0) is 13.1. The SMILES string of the molecule is CNCc1ccc(Cl)cc1N(C)CC(F)(F)F. The highest BCUT2D eigenvalue weighted by atomic mass is 35.5. The highest BCUT2D eigenvalue weighted by molar-refractivity contribution is 6.30. The molecule has 0 aliphatic carbocycles. The van der Waals surface area contributed by atoms with Crippen LogP contribution in [0, 0.1) is 0 Å². The molecule has 0 aliphatic rings. The van der Waals surface area contributed by atoms with Crippen LogP contribution in [0.5, 0.6) is 0 Å². The van der Waals surface area contributed by atoms with Crippen LogP contribution >= 0.6 is 11.6 Å². The summed E-state index contributed by atoms with van der Waals surface area (Å²) in [5.74, 6) is 0. The van der Waals surface area contributed by atoms with Crippen LogP contribution in [0.2, 0.25) is 5.02 Å². The van der Waals surface area contributed by atoms with Crippen LogP contribution in [-0.2, 0) is 6.54 Å². The maximum Gasteiger partial charge on any atom is 0.405 e. The molecule has 0 aliphatic heterocycles. The lowest BCUT2D eigenvalue weighted by atomic mass is 10.1. The van der Waals surface area contributed by atoms with Crippen LogP contribution < -0.4 is 10.2 Å². The van der Waals surface area contributed by atoms with E-state index in [4.69, 9.17) is 11.6 Å². The highest BCUT2D eigenvalue weighted by Crippen LogP contribution is 2.27. The monoisotopic (exact) mass is 266 g/mol. The molecule has 0 heterocycles. The summed E-state index contributed by atoms with van der Waals surface area (Å²) in [5, 5.41) is 3.34. The first kappa shape index (κ1) is 14.1. The minimum Gasteiger partial charge on any atom is -0.365 e. The zero-order valence-corrected chi connectivity index (χ0v) is 10.4. The number of nitrogens with zero attached hydrogens (tertiary/aromatic N) is 1. The molecule has 0 bridgehead atoms. The lowest BCUT2D eigenvalue weighted by molar-refractivity contribution is -0.119. The Morgan fingerprint density at radius 3 is 2.53 bits per heavy atom. The lowest BCUT2D eigenvalue weighted by Gasteiger charge is -2.24. The molecule has 0 unspecified atom stereocenters. The van der Waals surface area contributed by atoms with E-state index in [9.17, 15) is 13.2 Å². The maximum absolute atomic E-state index is 12.3. The average Bonchev–Trinajstić information content (AvgIpc) is 2.18. The van der Waals surface area contributed by atoms with Crippen molar-refractivity contribution in [3.63, 3.8) is 0 Å². The van der Waals surface area contributed by atoms with Crippen molar-refractivity contribution in [2.24, 2.45) is 0 Å². The summed E-state index contributed by atoms with van der Waals surface area (Å²) in [5.41, 5.74) is 1.27. The Kier molecular flexibility index (Phi) is 4.65. The first-order valence-electron chi connectivity index (χ1n) is 5.04. The largest absolute Gasteiger partial charge is 0.405 e. The van der Waals surface area contributed by atoms with E-state index in [2.05, 4.69) is 5.32 Å². The predicted octanol–water partition coefficient (Wildman–Crippen LogP) is 3.06. The van der Waals surface area contributed by atoms with Gasteiger partial charge in [-0.3, -0.25) is 0 Å². The molecule has 0 atom stereocenters. The minimum absolute atomic E-state index is 0.425. The van der Waals surface area contributed by atoms with Crippen molar-refractivity contribution in [2.75, 3.05) is 25.5 Å². The molecular formula is C11H14ClF3N2. The molecule has 0 saturated heterocycles. The summed E-state index contributed by atoms with van der Waals surface area (Å²) in [6.45, 7) is -0.501. The predicted molar refractivity (Wildman–Crippen MR) is 63.5 cm³/mol. The van der Waals surface area contributed by atoms with Gasteiger partial charge in [-0.25, -0.2) is 0 Å². The second-order valence-corrected chi connectivity index (χ2v) is 4.21. The summed E-state index contributed by atoms with van der Waals surface area (Å²) in [4.78, 5) is 1.15. The van der Waals surface area contributed by atoms with E-state index in [1.54, 1.807) is 25.2 Å². The second-order valence-electron chi connectivity index (χ2n) is 3.77. The second kappa shape index (κ2) is 5.60. The van der Waals surface area contributed by atoms with Crippen molar-refractivity contribution in [1.82, 2.24) is 5.32 Å². The van der Waals surface area contributed by atoms with Gasteiger partial charge in [0.2, 0.25) is 0 Å². The van der Waals surface area contributed by atoms with Gasteiger partial charge in [0.15, 0.2) is 0 Å². The zero-order valence-electron chi connectivity index (χ0n) is 9.61. The quantitative estimate of drug-likeness (QED) is 0.901. The molecule has 6 heteroatoms. The fourth-order valence-electron chi connectivity index (χ4n) is 1.59. The smallest absolute Gasteiger partial charge is 0.365 e. The Bertz CT molecular complexity index is 379. The molecule has 1 aromatic carbocycles. The number of hydrogen-bond donors (Lipinski definition) is 1. The van der Waals surface area contributed by atoms with Gasteiger partial charge in [-0.15, -0.1) is 0 Å². The number of hydrogen-bond acceptors (Lipinski definition) is 2. The molecule has 1 N–H and O–H groups in total. The Labute approximate surface area is 103 Å². The molecular weight excluding hydrogens is 253 g/mol. The van der Waals surface area contributed by atoms with Gasteiger partial charge < -0.3 is 10.2 Å². The minimum atomic E-state index is -4.23. The van der Waals surface area contributed by atoms with Crippen molar-refractivity contribution in [3.8, 4) is 0 Å². The Morgan fingerprint density at radius 2 is 2.00 bits per heavy atom. The summed E-state index contributed by atoms with van der Waals surface area (Å²) < 4.78 is 37.0. The summed E-state index contributed by atoms with van der Waals surface area (Å²) in [6, 6.07) is 4.93. The van der Waals surface area contributed by atoms with Crippen molar-refractivity contribution in [3.05, 3.63) is 28.8 Å². The van der Waals surface area contributed by atoms with E-state index in [0.29, 0.717) is 17.3 Å². The van der Waals surface area contributed by atoms with E-state index in [0.717, 1.165) is 10.5 Å². The van der Waals surface area contributed by atoms with E-state index in [1.807, 2.05) is 0 Å². The van der Waals surface area contributed by atoms with Crippen LogP contribution in [0.4, 0.5) is 18.9 Å². The number of benzene rings is 1. The highest BCUT2D eigenvalue weighted by Gasteiger charge is 2.30. The molecule has 0 saturated carbocycles. The van der Waals surface area contributed by atoms with Crippen LogP contribution in [0.3, 0.4) is 0 Å². The van der Waals surface area contributed by atoms with Gasteiger partial charge in [0.25, 0.3) is 0 Å². The van der Waals surface area contributed by atoms with Crippen LogP contribution in [0.1, 0.15) is 5.56 Å². The Balaban J connectivity index is 2.97. The number of nitrogens with one attached hydrogen (secondary N) is 1. The van der Waals surface area contributed by atoms with E-state index in [1.165, 1.54) is 7.05 Å². The molecule has 0 spiro atoms. The average molecular weight is 267 g/mol. The number of alkyl halides is 3. The Hall–Kier alpha value is -0.940. The third kappa shape index (κ3) is 4.44. The topological polar surface area (TPSA) is 15.3 Å². The summed E-state index contributed by atoms with van der Waals surface area (Å²) in [7, 11) is 3.14. The van der Waals surface area contributed by atoms with Gasteiger partial charge in [0, 0.05) is 24.3 Å². The number of rotatable bonds is 4. The van der Waals surface area contributed by atoms with Crippen LogP contribution in [0.15, 0.2) is 18.2 Å². The molecule has 1 rings (SSSR count). The maximum atomic E-state index is 12.3. The van der Waals surface area contributed by atoms with Crippen LogP contribution in [0.25, 0.3) is 0 Å². The molecule has 0 radical (unpaired) electrons. The van der Waals surface area contributed by atoms with Crippen LogP contribution in [-0.4, -0.2) is 26.8 Å². The van der Waals surface area contributed by atoms with E-state index < -0.39 is 12.7 Å². The Morgan fingerprint density at radius 1 is 1.35 bits per heavy atom. The first-order valence-corrected chi connectivity index (χ1v) is 5.42. The van der Waals surface area contributed by atoms with Gasteiger partial charge in [0.05, 0.1) is 0 Å². The molecule has 0 amide bonds. The lowest BCUT2D eigenvalue weighted by Crippen LogP contribution is -2.31. The van der Waals surface area contributed by atoms with Crippen molar-refractivity contribution in [1.29, 1.82) is 0 Å². The fourth-order valence-corrected chi connectivity index (χ4v) is 1.75. The van der Waals surface area contributed by atoms with E-state index in [-0.39, 0.29) is 0 Å². The molecule has 0 fully saturated rings. The third-order valence-corrected chi connectivity index (χ3v) is 2.48. The molecule has 1 aromatic rings. The van der Waals surface area contributed by atoms with Gasteiger partial charge in [-0.05, 0) is 24.7 Å². The fraction of sp³-hybridized carbons (Fsp3) is 0.455. The standard InChI is InChI=1S/C11H14ClF3N2/c1-16-6-8-3-4-9(12)5-10(8)17(2)7-11(13,14)15/h3-5,16H,6-7H2,1-2H3. The molecule has 96 valence electrons. The van der Waals surface area contributed by atoms with Crippen molar-refractivity contribution >= 4 is 17.3 Å².